The molecule has 0 atom stereocenters. The number of aromatic nitrogens is 2. The van der Waals surface area contributed by atoms with Crippen molar-refractivity contribution >= 4 is 5.57 Å². The van der Waals surface area contributed by atoms with Gasteiger partial charge in [-0.2, -0.15) is 4.98 Å². The zero-order chi connectivity index (χ0) is 12.6. The van der Waals surface area contributed by atoms with E-state index in [-0.39, 0.29) is 0 Å². The highest BCUT2D eigenvalue weighted by Gasteiger charge is 2.05. The number of hydrogen-bond donors (Lipinski definition) is 0. The van der Waals surface area contributed by atoms with E-state index in [0.29, 0.717) is 11.7 Å². The van der Waals surface area contributed by atoms with E-state index in [1.54, 1.807) is 13.0 Å². The van der Waals surface area contributed by atoms with E-state index in [1.807, 2.05) is 39.8 Å². The van der Waals surface area contributed by atoms with E-state index in [4.69, 9.17) is 4.52 Å². The smallest absolute Gasteiger partial charge is 0.257 e. The van der Waals surface area contributed by atoms with Crippen LogP contribution in [-0.4, -0.2) is 10.1 Å². The molecule has 0 aliphatic heterocycles. The molecule has 16 heavy (non-hydrogen) atoms. The second kappa shape index (κ2) is 7.63. The predicted octanol–water partition coefficient (Wildman–Crippen LogP) is 3.94. The Hall–Kier alpha value is -1.64. The van der Waals surface area contributed by atoms with E-state index < -0.39 is 0 Å². The summed E-state index contributed by atoms with van der Waals surface area (Å²) in [4.78, 5) is 4.12. The van der Waals surface area contributed by atoms with Crippen molar-refractivity contribution in [2.24, 2.45) is 0 Å². The molecular formula is C13H20N2O. The van der Waals surface area contributed by atoms with Gasteiger partial charge in [-0.05, 0) is 26.8 Å². The normalized spacial score (nSPS) is 11.8. The lowest BCUT2D eigenvalue weighted by Gasteiger charge is -1.94. The summed E-state index contributed by atoms with van der Waals surface area (Å²) in [6.07, 6.45) is 5.67. The molecule has 1 aromatic rings. The summed E-state index contributed by atoms with van der Waals surface area (Å²) in [7, 11) is 0. The number of hydrogen-bond acceptors (Lipinski definition) is 3. The van der Waals surface area contributed by atoms with Crippen LogP contribution in [0.1, 0.15) is 39.4 Å². The SMILES string of the molecule is C=C/C(=C\C(C)=C/C)c1nc(C)no1.CC. The van der Waals surface area contributed by atoms with Gasteiger partial charge in [0.25, 0.3) is 5.89 Å². The summed E-state index contributed by atoms with van der Waals surface area (Å²) in [6.45, 7) is 13.5. The van der Waals surface area contributed by atoms with Crippen LogP contribution in [0.3, 0.4) is 0 Å². The van der Waals surface area contributed by atoms with Gasteiger partial charge in [-0.15, -0.1) is 0 Å². The van der Waals surface area contributed by atoms with Gasteiger partial charge < -0.3 is 4.52 Å². The van der Waals surface area contributed by atoms with Crippen molar-refractivity contribution in [2.45, 2.75) is 34.6 Å². The van der Waals surface area contributed by atoms with Crippen molar-refractivity contribution in [3.05, 3.63) is 42.1 Å². The van der Waals surface area contributed by atoms with Crippen LogP contribution in [0.4, 0.5) is 0 Å². The number of aryl methyl sites for hydroxylation is 1. The summed E-state index contributed by atoms with van der Waals surface area (Å²) in [5, 5.41) is 3.72. The first-order valence-corrected chi connectivity index (χ1v) is 5.45. The lowest BCUT2D eigenvalue weighted by atomic mass is 10.1. The Balaban J connectivity index is 0.00000106. The summed E-state index contributed by atoms with van der Waals surface area (Å²) in [5.74, 6) is 1.14. The maximum absolute atomic E-state index is 5.03. The zero-order valence-electron chi connectivity index (χ0n) is 10.7. The molecule has 0 bridgehead atoms. The molecule has 0 radical (unpaired) electrons. The Morgan fingerprint density at radius 1 is 1.38 bits per heavy atom. The Labute approximate surface area is 97.6 Å². The fraction of sp³-hybridized carbons (Fsp3) is 0.385. The van der Waals surface area contributed by atoms with Crippen molar-refractivity contribution in [2.75, 3.05) is 0 Å². The lowest BCUT2D eigenvalue weighted by molar-refractivity contribution is 0.403. The van der Waals surface area contributed by atoms with Gasteiger partial charge in [0.2, 0.25) is 0 Å². The highest BCUT2D eigenvalue weighted by Crippen LogP contribution is 2.15. The van der Waals surface area contributed by atoms with E-state index in [2.05, 4.69) is 16.7 Å². The standard InChI is InChI=1S/C11H14N2O.C2H6/c1-5-8(3)7-10(6-2)11-12-9(4)13-14-11;1-2/h5-7H,2H2,1,3-4H3;1-2H3/b8-5-,10-7+;. The molecule has 88 valence electrons. The minimum absolute atomic E-state index is 0.513. The summed E-state index contributed by atoms with van der Waals surface area (Å²) in [5.41, 5.74) is 1.98. The molecule has 3 nitrogen and oxygen atoms in total. The van der Waals surface area contributed by atoms with E-state index >= 15 is 0 Å². The molecule has 0 aliphatic rings. The molecule has 1 heterocycles. The predicted molar refractivity (Wildman–Crippen MR) is 68.0 cm³/mol. The summed E-state index contributed by atoms with van der Waals surface area (Å²) in [6, 6.07) is 0. The van der Waals surface area contributed by atoms with Crippen LogP contribution in [0.2, 0.25) is 0 Å². The molecule has 0 unspecified atom stereocenters. The van der Waals surface area contributed by atoms with Gasteiger partial charge in [0.1, 0.15) is 0 Å². The quantitative estimate of drug-likeness (QED) is 0.724. The molecule has 0 spiro atoms. The fourth-order valence-corrected chi connectivity index (χ4v) is 0.951. The van der Waals surface area contributed by atoms with Gasteiger partial charge in [-0.1, -0.05) is 43.3 Å². The molecule has 0 saturated carbocycles. The van der Waals surface area contributed by atoms with Gasteiger partial charge in [-0.3, -0.25) is 0 Å². The third kappa shape index (κ3) is 4.26. The van der Waals surface area contributed by atoms with Gasteiger partial charge in [0, 0.05) is 5.57 Å². The summed E-state index contributed by atoms with van der Waals surface area (Å²) >= 11 is 0. The molecule has 0 saturated heterocycles. The largest absolute Gasteiger partial charge is 0.334 e. The number of rotatable bonds is 3. The van der Waals surface area contributed by atoms with Crippen LogP contribution in [0.15, 0.2) is 34.9 Å². The van der Waals surface area contributed by atoms with Crippen molar-refractivity contribution in [3.8, 4) is 0 Å². The van der Waals surface area contributed by atoms with Crippen LogP contribution in [0.5, 0.6) is 0 Å². The van der Waals surface area contributed by atoms with Crippen molar-refractivity contribution in [3.63, 3.8) is 0 Å². The molecule has 0 aromatic carbocycles. The van der Waals surface area contributed by atoms with E-state index in [1.165, 1.54) is 0 Å². The molecule has 0 amide bonds. The number of nitrogens with zero attached hydrogens (tertiary/aromatic N) is 2. The first kappa shape index (κ1) is 14.4. The Morgan fingerprint density at radius 2 is 2.00 bits per heavy atom. The van der Waals surface area contributed by atoms with Crippen LogP contribution in [0.25, 0.3) is 5.57 Å². The van der Waals surface area contributed by atoms with Crippen LogP contribution in [0, 0.1) is 6.92 Å². The maximum atomic E-state index is 5.03. The van der Waals surface area contributed by atoms with Crippen molar-refractivity contribution in [1.29, 1.82) is 0 Å². The molecule has 0 N–H and O–H groups in total. The van der Waals surface area contributed by atoms with Gasteiger partial charge >= 0.3 is 0 Å². The zero-order valence-corrected chi connectivity index (χ0v) is 10.7. The third-order valence-electron chi connectivity index (χ3n) is 1.83. The van der Waals surface area contributed by atoms with Gasteiger partial charge in [0.15, 0.2) is 5.82 Å². The topological polar surface area (TPSA) is 38.9 Å². The van der Waals surface area contributed by atoms with Crippen LogP contribution >= 0.6 is 0 Å². The molecular weight excluding hydrogens is 200 g/mol. The van der Waals surface area contributed by atoms with Crippen LogP contribution in [-0.2, 0) is 0 Å². The first-order valence-electron chi connectivity index (χ1n) is 5.45. The van der Waals surface area contributed by atoms with Crippen molar-refractivity contribution in [1.82, 2.24) is 10.1 Å². The fourth-order valence-electron chi connectivity index (χ4n) is 0.951. The molecule has 0 fully saturated rings. The average molecular weight is 220 g/mol. The highest BCUT2D eigenvalue weighted by molar-refractivity contribution is 5.70. The van der Waals surface area contributed by atoms with Crippen LogP contribution < -0.4 is 0 Å². The number of allylic oxidation sites excluding steroid dienone is 5. The summed E-state index contributed by atoms with van der Waals surface area (Å²) < 4.78 is 5.03. The molecule has 0 aliphatic carbocycles. The van der Waals surface area contributed by atoms with Crippen molar-refractivity contribution < 1.29 is 4.52 Å². The second-order valence-electron chi connectivity index (χ2n) is 2.98. The van der Waals surface area contributed by atoms with Gasteiger partial charge in [-0.25, -0.2) is 0 Å². The Kier molecular flexibility index (Phi) is 6.84. The Morgan fingerprint density at radius 3 is 2.38 bits per heavy atom. The van der Waals surface area contributed by atoms with E-state index in [0.717, 1.165) is 11.1 Å². The monoisotopic (exact) mass is 220 g/mol. The minimum Gasteiger partial charge on any atom is -0.334 e. The highest BCUT2D eigenvalue weighted by atomic mass is 16.5. The van der Waals surface area contributed by atoms with Gasteiger partial charge in [0.05, 0.1) is 0 Å². The minimum atomic E-state index is 0.513. The first-order chi connectivity index (χ1) is 7.67. The lowest BCUT2D eigenvalue weighted by Crippen LogP contribution is -1.82. The van der Waals surface area contributed by atoms with E-state index in [9.17, 15) is 0 Å². The Bertz CT molecular complexity index is 386. The maximum Gasteiger partial charge on any atom is 0.257 e. The molecule has 3 heteroatoms. The second-order valence-corrected chi connectivity index (χ2v) is 2.98. The average Bonchev–Trinajstić information content (AvgIpc) is 2.75. The molecule has 1 aromatic heterocycles. The molecule has 1 rings (SSSR count). The third-order valence-corrected chi connectivity index (χ3v) is 1.83.